The minimum absolute atomic E-state index is 0.132. The van der Waals surface area contributed by atoms with Crippen molar-refractivity contribution in [3.8, 4) is 0 Å². The third-order valence-electron chi connectivity index (χ3n) is 10.6. The van der Waals surface area contributed by atoms with E-state index in [1.807, 2.05) is 30.3 Å². The number of rotatable bonds is 14. The van der Waals surface area contributed by atoms with Crippen LogP contribution in [0.5, 0.6) is 0 Å². The Bertz CT molecular complexity index is 921. The molecule has 1 aromatic rings. The van der Waals surface area contributed by atoms with Crippen molar-refractivity contribution in [3.63, 3.8) is 0 Å². The normalized spacial score (nSPS) is 26.5. The van der Waals surface area contributed by atoms with Gasteiger partial charge in [0.15, 0.2) is 0 Å². The number of carbonyl (C=O) groups excluding carboxylic acids is 1. The summed E-state index contributed by atoms with van der Waals surface area (Å²) in [7, 11) is 0. The Morgan fingerprint density at radius 2 is 1.32 bits per heavy atom. The first-order chi connectivity index (χ1) is 19.9. The molecule has 9 heteroatoms. The van der Waals surface area contributed by atoms with E-state index in [9.17, 15) is 25.2 Å². The third kappa shape index (κ3) is 7.61. The first kappa shape index (κ1) is 30.7. The van der Waals surface area contributed by atoms with Gasteiger partial charge in [0.1, 0.15) is 6.61 Å². The number of hydrogen-bond donors (Lipinski definition) is 4. The highest BCUT2D eigenvalue weighted by Crippen LogP contribution is 2.54. The second-order valence-electron chi connectivity index (χ2n) is 13.3. The predicted octanol–water partition coefficient (Wildman–Crippen LogP) is 2.60. The fraction of sp³-hybridized carbons (Fsp3) is 0.781. The number of β-amino-alcohol motifs (C(OH)–C–C–N with tert-alkyl or cyclic N) is 2. The zero-order chi connectivity index (χ0) is 28.9. The molecule has 4 aliphatic rings. The lowest BCUT2D eigenvalue weighted by Gasteiger charge is -2.39. The number of piperidine rings is 2. The molecular formula is C32H51N3O6. The van der Waals surface area contributed by atoms with Gasteiger partial charge >= 0.3 is 6.09 Å². The van der Waals surface area contributed by atoms with Crippen molar-refractivity contribution in [2.45, 2.75) is 95.1 Å². The topological polar surface area (TPSA) is 117 Å². The van der Waals surface area contributed by atoms with Crippen LogP contribution >= 0.6 is 0 Å². The minimum Gasteiger partial charge on any atom is -0.445 e. The van der Waals surface area contributed by atoms with Gasteiger partial charge in [0.05, 0.1) is 37.5 Å². The van der Waals surface area contributed by atoms with Crippen LogP contribution in [0.1, 0.15) is 69.8 Å². The van der Waals surface area contributed by atoms with Crippen molar-refractivity contribution in [1.82, 2.24) is 14.7 Å². The van der Waals surface area contributed by atoms with Gasteiger partial charge in [0.25, 0.3) is 0 Å². The molecule has 230 valence electrons. The number of ether oxygens (including phenoxy) is 1. The first-order valence-electron chi connectivity index (χ1n) is 15.9. The maximum Gasteiger partial charge on any atom is 0.410 e. The average molecular weight is 574 g/mol. The van der Waals surface area contributed by atoms with Gasteiger partial charge in [-0.05, 0) is 107 Å². The molecule has 4 atom stereocenters. The van der Waals surface area contributed by atoms with Gasteiger partial charge in [-0.25, -0.2) is 4.79 Å². The summed E-state index contributed by atoms with van der Waals surface area (Å²) in [5.41, 5.74) is 1.23. The summed E-state index contributed by atoms with van der Waals surface area (Å²) < 4.78 is 5.71. The van der Waals surface area contributed by atoms with Gasteiger partial charge in [-0.2, -0.15) is 0 Å². The number of benzene rings is 1. The molecule has 2 heterocycles. The molecule has 0 radical (unpaired) electrons. The van der Waals surface area contributed by atoms with Crippen molar-refractivity contribution in [2.75, 3.05) is 52.5 Å². The molecule has 4 fully saturated rings. The van der Waals surface area contributed by atoms with E-state index in [1.54, 1.807) is 4.90 Å². The van der Waals surface area contributed by atoms with Gasteiger partial charge in [0.2, 0.25) is 0 Å². The maximum absolute atomic E-state index is 13.5. The Hall–Kier alpha value is -1.75. The molecule has 5 rings (SSSR count). The van der Waals surface area contributed by atoms with Crippen LogP contribution in [0.3, 0.4) is 0 Å². The van der Waals surface area contributed by atoms with Crippen LogP contribution in [-0.4, -0.2) is 118 Å². The fourth-order valence-electron chi connectivity index (χ4n) is 7.18. The van der Waals surface area contributed by atoms with E-state index in [-0.39, 0.29) is 42.9 Å². The number of likely N-dealkylation sites (tertiary alicyclic amines) is 2. The van der Waals surface area contributed by atoms with Crippen molar-refractivity contribution in [3.05, 3.63) is 35.9 Å². The zero-order valence-electron chi connectivity index (χ0n) is 24.6. The molecule has 2 spiro atoms. The van der Waals surface area contributed by atoms with Gasteiger partial charge in [-0.15, -0.1) is 0 Å². The maximum atomic E-state index is 13.5. The second-order valence-corrected chi connectivity index (χ2v) is 13.3. The molecule has 2 aliphatic carbocycles. The second kappa shape index (κ2) is 13.7. The van der Waals surface area contributed by atoms with Gasteiger partial charge in [0, 0.05) is 13.1 Å². The summed E-state index contributed by atoms with van der Waals surface area (Å²) in [5.74, 6) is 0. The molecule has 1 aromatic carbocycles. The van der Waals surface area contributed by atoms with Crippen LogP contribution in [0.4, 0.5) is 4.79 Å². The smallest absolute Gasteiger partial charge is 0.410 e. The van der Waals surface area contributed by atoms with Crippen molar-refractivity contribution in [1.29, 1.82) is 0 Å². The Morgan fingerprint density at radius 3 is 1.73 bits per heavy atom. The Morgan fingerprint density at radius 1 is 0.829 bits per heavy atom. The summed E-state index contributed by atoms with van der Waals surface area (Å²) in [5, 5.41) is 42.0. The SMILES string of the molecule is O=C(OCc1ccccc1)N([C@H](CO)CCCN1CCC2(CC2)C(O)C1)[C@H](CO)CCCN1CCC2(CC2)C(O)C1. The number of nitrogens with zero attached hydrogens (tertiary/aromatic N) is 3. The van der Waals surface area contributed by atoms with Crippen molar-refractivity contribution >= 4 is 6.09 Å². The molecule has 0 bridgehead atoms. The van der Waals surface area contributed by atoms with E-state index in [0.717, 1.165) is 83.1 Å². The van der Waals surface area contributed by atoms with Gasteiger partial charge in [-0.3, -0.25) is 4.90 Å². The van der Waals surface area contributed by atoms with E-state index in [4.69, 9.17) is 4.74 Å². The highest BCUT2D eigenvalue weighted by atomic mass is 16.6. The van der Waals surface area contributed by atoms with Crippen molar-refractivity contribution < 1.29 is 30.0 Å². The molecule has 2 saturated heterocycles. The average Bonchev–Trinajstić information content (AvgIpc) is 3.92. The molecule has 2 unspecified atom stereocenters. The lowest BCUT2D eigenvalue weighted by atomic mass is 9.90. The number of amides is 1. The molecular weight excluding hydrogens is 522 g/mol. The van der Waals surface area contributed by atoms with Crippen LogP contribution in [-0.2, 0) is 11.3 Å². The van der Waals surface area contributed by atoms with Crippen molar-refractivity contribution in [2.24, 2.45) is 10.8 Å². The number of carbonyl (C=O) groups is 1. The minimum atomic E-state index is -0.514. The molecule has 2 saturated carbocycles. The predicted molar refractivity (Wildman–Crippen MR) is 156 cm³/mol. The summed E-state index contributed by atoms with van der Waals surface area (Å²) in [6.07, 6.45) is 8.32. The Balaban J connectivity index is 1.16. The van der Waals surface area contributed by atoms with Crippen LogP contribution in [0.2, 0.25) is 0 Å². The van der Waals surface area contributed by atoms with Crippen LogP contribution in [0, 0.1) is 10.8 Å². The standard InChI is InChI=1S/C32H51N3O6/c36-22-26(8-4-16-33-18-14-31(10-11-31)28(38)20-33)35(30(40)41-24-25-6-2-1-3-7-25)27(23-37)9-5-17-34-19-15-32(12-13-32)29(39)21-34/h1-3,6-7,26-29,36-39H,4-5,8-24H2/t26-,27-,28?,29?/m0/s1. The third-order valence-corrected chi connectivity index (χ3v) is 10.6. The van der Waals surface area contributed by atoms with Gasteiger partial charge in [-0.1, -0.05) is 30.3 Å². The largest absolute Gasteiger partial charge is 0.445 e. The summed E-state index contributed by atoms with van der Waals surface area (Å²) >= 11 is 0. The highest BCUT2D eigenvalue weighted by molar-refractivity contribution is 5.68. The van der Waals surface area contributed by atoms with Crippen LogP contribution < -0.4 is 0 Å². The van der Waals surface area contributed by atoms with E-state index in [0.29, 0.717) is 25.9 Å². The number of hydrogen-bond acceptors (Lipinski definition) is 8. The Kier molecular flexibility index (Phi) is 10.3. The van der Waals surface area contributed by atoms with E-state index in [1.165, 1.54) is 0 Å². The Labute approximate surface area is 245 Å². The monoisotopic (exact) mass is 573 g/mol. The summed E-state index contributed by atoms with van der Waals surface area (Å²) in [6, 6.07) is 8.60. The van der Waals surface area contributed by atoms with Crippen LogP contribution in [0.25, 0.3) is 0 Å². The lowest BCUT2D eigenvalue weighted by Crippen LogP contribution is -2.51. The summed E-state index contributed by atoms with van der Waals surface area (Å²) in [4.78, 5) is 19.7. The van der Waals surface area contributed by atoms with Gasteiger partial charge < -0.3 is 35.0 Å². The molecule has 4 N–H and O–H groups in total. The molecule has 0 aromatic heterocycles. The quantitative estimate of drug-likeness (QED) is 0.268. The first-order valence-corrected chi connectivity index (χ1v) is 15.9. The van der Waals surface area contributed by atoms with E-state index < -0.39 is 18.2 Å². The molecule has 1 amide bonds. The highest BCUT2D eigenvalue weighted by Gasteiger charge is 2.52. The molecule has 2 aliphatic heterocycles. The number of aliphatic hydroxyl groups is 4. The molecule has 41 heavy (non-hydrogen) atoms. The fourth-order valence-corrected chi connectivity index (χ4v) is 7.18. The zero-order valence-corrected chi connectivity index (χ0v) is 24.6. The van der Waals surface area contributed by atoms with E-state index in [2.05, 4.69) is 9.80 Å². The molecule has 9 nitrogen and oxygen atoms in total. The van der Waals surface area contributed by atoms with E-state index >= 15 is 0 Å². The summed E-state index contributed by atoms with van der Waals surface area (Å²) in [6.45, 7) is 4.68. The number of aliphatic hydroxyl groups excluding tert-OH is 4. The lowest BCUT2D eigenvalue weighted by molar-refractivity contribution is 0.000999. The van der Waals surface area contributed by atoms with Crippen LogP contribution in [0.15, 0.2) is 30.3 Å².